The first-order valence-electron chi connectivity index (χ1n) is 10.8. The maximum absolute atomic E-state index is 5.74. The minimum Gasteiger partial charge on any atom is -0.494 e. The number of thioether (sulfide) groups is 1. The van der Waals surface area contributed by atoms with Gasteiger partial charge in [-0.25, -0.2) is 0 Å². The molecule has 0 aliphatic rings. The maximum atomic E-state index is 5.74. The monoisotopic (exact) mass is 447 g/mol. The second-order valence-corrected chi connectivity index (χ2v) is 8.66. The first kappa shape index (κ1) is 22.2. The van der Waals surface area contributed by atoms with E-state index in [1.165, 1.54) is 15.8 Å². The molecular formula is C26H29N3O2S. The van der Waals surface area contributed by atoms with Crippen LogP contribution in [-0.4, -0.2) is 34.7 Å². The molecule has 166 valence electrons. The van der Waals surface area contributed by atoms with Gasteiger partial charge in [0.15, 0.2) is 0 Å². The summed E-state index contributed by atoms with van der Waals surface area (Å²) in [4.78, 5) is 1.26. The van der Waals surface area contributed by atoms with Gasteiger partial charge in [0.25, 0.3) is 0 Å². The smallest absolute Gasteiger partial charge is 0.146 e. The Kier molecular flexibility index (Phi) is 6.42. The fraction of sp³-hybridized carbons (Fsp3) is 0.308. The Balaban J connectivity index is 1.87. The van der Waals surface area contributed by atoms with Crippen molar-refractivity contribution in [3.05, 3.63) is 70.8 Å². The van der Waals surface area contributed by atoms with Crippen molar-refractivity contribution in [1.29, 1.82) is 0 Å². The van der Waals surface area contributed by atoms with Gasteiger partial charge in [0, 0.05) is 39.5 Å². The number of hydrogen-bond donors (Lipinski definition) is 0. The van der Waals surface area contributed by atoms with Gasteiger partial charge in [-0.2, -0.15) is 10.2 Å². The number of hydrogen-bond acceptors (Lipinski definition) is 5. The third-order valence-electron chi connectivity index (χ3n) is 5.85. The van der Waals surface area contributed by atoms with E-state index >= 15 is 0 Å². The fourth-order valence-corrected chi connectivity index (χ4v) is 4.80. The molecule has 4 rings (SSSR count). The normalized spacial score (nSPS) is 11.2. The van der Waals surface area contributed by atoms with E-state index in [2.05, 4.69) is 65.2 Å². The number of nitrogens with zero attached hydrogens (tertiary/aromatic N) is 3. The molecule has 5 nitrogen and oxygen atoms in total. The van der Waals surface area contributed by atoms with Gasteiger partial charge in [0.05, 0.1) is 30.8 Å². The fourth-order valence-electron chi connectivity index (χ4n) is 4.39. The Hall–Kier alpha value is -2.99. The van der Waals surface area contributed by atoms with Crippen LogP contribution in [0.5, 0.6) is 11.5 Å². The Morgan fingerprint density at radius 1 is 0.938 bits per heavy atom. The van der Waals surface area contributed by atoms with Crippen LogP contribution in [0.15, 0.2) is 47.4 Å². The van der Waals surface area contributed by atoms with Crippen LogP contribution in [-0.2, 0) is 6.42 Å². The predicted molar refractivity (Wildman–Crippen MR) is 132 cm³/mol. The number of benzene rings is 2. The summed E-state index contributed by atoms with van der Waals surface area (Å²) in [6.45, 7) is 8.90. The molecular weight excluding hydrogens is 418 g/mol. The second kappa shape index (κ2) is 9.25. The number of methoxy groups -OCH3 is 1. The highest BCUT2D eigenvalue weighted by Crippen LogP contribution is 2.36. The number of aryl methyl sites for hydroxylation is 3. The van der Waals surface area contributed by atoms with E-state index < -0.39 is 0 Å². The van der Waals surface area contributed by atoms with Crippen molar-refractivity contribution in [3.8, 4) is 17.2 Å². The van der Waals surface area contributed by atoms with Crippen LogP contribution < -0.4 is 9.47 Å². The molecule has 0 radical (unpaired) electrons. The van der Waals surface area contributed by atoms with Gasteiger partial charge in [-0.05, 0) is 63.8 Å². The van der Waals surface area contributed by atoms with Crippen molar-refractivity contribution >= 4 is 22.5 Å². The van der Waals surface area contributed by atoms with Gasteiger partial charge in [0.2, 0.25) is 0 Å². The molecule has 0 aliphatic carbocycles. The molecule has 0 unspecified atom stereocenters. The summed E-state index contributed by atoms with van der Waals surface area (Å²) >= 11 is 1.75. The Bertz CT molecular complexity index is 1260. The number of rotatable bonds is 7. The predicted octanol–water partition coefficient (Wildman–Crippen LogP) is 6.07. The van der Waals surface area contributed by atoms with E-state index in [1.54, 1.807) is 18.9 Å². The summed E-state index contributed by atoms with van der Waals surface area (Å²) in [6, 6.07) is 14.7. The van der Waals surface area contributed by atoms with E-state index in [9.17, 15) is 0 Å². The van der Waals surface area contributed by atoms with E-state index in [1.807, 2.05) is 26.0 Å². The van der Waals surface area contributed by atoms with Crippen molar-refractivity contribution in [3.63, 3.8) is 0 Å². The molecule has 0 spiro atoms. The van der Waals surface area contributed by atoms with E-state index in [-0.39, 0.29) is 0 Å². The van der Waals surface area contributed by atoms with Crippen molar-refractivity contribution in [2.75, 3.05) is 20.0 Å². The quantitative estimate of drug-likeness (QED) is 0.322. The first-order valence-corrected chi connectivity index (χ1v) is 12.0. The van der Waals surface area contributed by atoms with Crippen LogP contribution in [0.2, 0.25) is 0 Å². The summed E-state index contributed by atoms with van der Waals surface area (Å²) in [5.74, 6) is 1.57. The lowest BCUT2D eigenvalue weighted by atomic mass is 10.0. The molecule has 32 heavy (non-hydrogen) atoms. The van der Waals surface area contributed by atoms with Crippen LogP contribution in [0.1, 0.15) is 35.3 Å². The van der Waals surface area contributed by atoms with Gasteiger partial charge in [-0.1, -0.05) is 12.1 Å². The number of aromatic nitrogens is 3. The minimum atomic E-state index is 0.617. The SMILES string of the molecule is CCOc1ccc(-n2c(C)c3c(C)nnc(Cc4ccc(SC)cc4)c3c2C)c(OC)c1. The van der Waals surface area contributed by atoms with Crippen LogP contribution in [0, 0.1) is 20.8 Å². The standard InChI is InChI=1S/C26H29N3O2S/c1-7-31-20-10-13-23(24(15-20)30-5)29-17(3)25-16(2)27-28-22(26(25)18(29)4)14-19-8-11-21(32-6)12-9-19/h8-13,15H,7,14H2,1-6H3. The summed E-state index contributed by atoms with van der Waals surface area (Å²) in [7, 11) is 1.69. The molecule has 2 heterocycles. The third-order valence-corrected chi connectivity index (χ3v) is 6.59. The second-order valence-electron chi connectivity index (χ2n) is 7.78. The highest BCUT2D eigenvalue weighted by molar-refractivity contribution is 7.98. The molecule has 0 fully saturated rings. The van der Waals surface area contributed by atoms with Crippen LogP contribution >= 0.6 is 11.8 Å². The lowest BCUT2D eigenvalue weighted by Gasteiger charge is -2.15. The molecule has 0 N–H and O–H groups in total. The van der Waals surface area contributed by atoms with Crippen LogP contribution in [0.4, 0.5) is 0 Å². The Morgan fingerprint density at radius 3 is 2.31 bits per heavy atom. The van der Waals surface area contributed by atoms with E-state index in [4.69, 9.17) is 9.47 Å². The van der Waals surface area contributed by atoms with Crippen molar-refractivity contribution in [2.45, 2.75) is 39.0 Å². The highest BCUT2D eigenvalue weighted by atomic mass is 32.2. The van der Waals surface area contributed by atoms with Gasteiger partial charge in [0.1, 0.15) is 11.5 Å². The maximum Gasteiger partial charge on any atom is 0.146 e. The molecule has 0 bridgehead atoms. The van der Waals surface area contributed by atoms with Crippen molar-refractivity contribution < 1.29 is 9.47 Å². The first-order chi connectivity index (χ1) is 15.5. The van der Waals surface area contributed by atoms with E-state index in [0.717, 1.165) is 51.8 Å². The van der Waals surface area contributed by atoms with Crippen LogP contribution in [0.3, 0.4) is 0 Å². The lowest BCUT2D eigenvalue weighted by Crippen LogP contribution is -2.03. The average Bonchev–Trinajstić information content (AvgIpc) is 3.07. The molecule has 0 saturated heterocycles. The minimum absolute atomic E-state index is 0.617. The molecule has 6 heteroatoms. The van der Waals surface area contributed by atoms with Gasteiger partial charge < -0.3 is 14.0 Å². The Labute approximate surface area is 193 Å². The zero-order valence-corrected chi connectivity index (χ0v) is 20.3. The summed E-state index contributed by atoms with van der Waals surface area (Å²) in [6.07, 6.45) is 2.83. The molecule has 0 aliphatic heterocycles. The molecule has 4 aromatic rings. The highest BCUT2D eigenvalue weighted by Gasteiger charge is 2.21. The summed E-state index contributed by atoms with van der Waals surface area (Å²) < 4.78 is 13.7. The molecule has 2 aromatic carbocycles. The number of ether oxygens (including phenoxy) is 2. The number of fused-ring (bicyclic) bond motifs is 1. The van der Waals surface area contributed by atoms with Gasteiger partial charge in [-0.15, -0.1) is 11.8 Å². The Morgan fingerprint density at radius 2 is 1.66 bits per heavy atom. The topological polar surface area (TPSA) is 49.2 Å². The molecule has 2 aromatic heterocycles. The van der Waals surface area contributed by atoms with E-state index in [0.29, 0.717) is 6.61 Å². The summed E-state index contributed by atoms with van der Waals surface area (Å²) in [5, 5.41) is 11.4. The van der Waals surface area contributed by atoms with Crippen molar-refractivity contribution in [2.24, 2.45) is 0 Å². The molecule has 0 atom stereocenters. The largest absolute Gasteiger partial charge is 0.494 e. The zero-order chi connectivity index (χ0) is 22.8. The lowest BCUT2D eigenvalue weighted by molar-refractivity contribution is 0.336. The average molecular weight is 448 g/mol. The third kappa shape index (κ3) is 3.95. The molecule has 0 saturated carbocycles. The van der Waals surface area contributed by atoms with Crippen LogP contribution in [0.25, 0.3) is 16.5 Å². The molecule has 0 amide bonds. The zero-order valence-electron chi connectivity index (χ0n) is 19.5. The van der Waals surface area contributed by atoms with Gasteiger partial charge >= 0.3 is 0 Å². The van der Waals surface area contributed by atoms with Crippen molar-refractivity contribution in [1.82, 2.24) is 14.8 Å². The van der Waals surface area contributed by atoms with Gasteiger partial charge in [-0.3, -0.25) is 0 Å². The summed E-state index contributed by atoms with van der Waals surface area (Å²) in [5.41, 5.74) is 6.40.